The van der Waals surface area contributed by atoms with Crippen LogP contribution >= 0.6 is 0 Å². The standard InChI is InChI=1S/C22H25N3O4/c1-14(10-16(3)25-22(26)27)13-28-20-5-4-17(18-6-8-23-15(2)11-18)12-19(20)21-7-9-24-29-21/h4-9,11-12,14,16,25H,10,13H2,1-3H3,(H,26,27). The molecule has 0 aliphatic carbocycles. The maximum atomic E-state index is 10.8. The number of aromatic nitrogens is 2. The van der Waals surface area contributed by atoms with Gasteiger partial charge in [-0.25, -0.2) is 4.79 Å². The molecule has 0 aliphatic rings. The smallest absolute Gasteiger partial charge is 0.404 e. The minimum absolute atomic E-state index is 0.142. The van der Waals surface area contributed by atoms with Crippen LogP contribution in [0.1, 0.15) is 26.0 Å². The summed E-state index contributed by atoms with van der Waals surface area (Å²) in [6.07, 6.45) is 3.06. The van der Waals surface area contributed by atoms with Gasteiger partial charge in [0.1, 0.15) is 5.75 Å². The summed E-state index contributed by atoms with van der Waals surface area (Å²) in [7, 11) is 0. The highest BCUT2D eigenvalue weighted by atomic mass is 16.5. The molecular weight excluding hydrogens is 370 g/mol. The third-order valence-corrected chi connectivity index (χ3v) is 4.56. The van der Waals surface area contributed by atoms with Crippen LogP contribution in [0.15, 0.2) is 53.3 Å². The fourth-order valence-corrected chi connectivity index (χ4v) is 3.28. The fourth-order valence-electron chi connectivity index (χ4n) is 3.28. The second-order valence-corrected chi connectivity index (χ2v) is 7.28. The van der Waals surface area contributed by atoms with Crippen LogP contribution in [0.4, 0.5) is 4.79 Å². The van der Waals surface area contributed by atoms with Crippen molar-refractivity contribution in [3.8, 4) is 28.2 Å². The van der Waals surface area contributed by atoms with Gasteiger partial charge in [-0.3, -0.25) is 4.98 Å². The molecule has 7 heteroatoms. The molecule has 7 nitrogen and oxygen atoms in total. The topological polar surface area (TPSA) is 97.5 Å². The third-order valence-electron chi connectivity index (χ3n) is 4.56. The van der Waals surface area contributed by atoms with E-state index in [1.807, 2.05) is 51.1 Å². The number of amides is 1. The van der Waals surface area contributed by atoms with Crippen LogP contribution in [0.2, 0.25) is 0 Å². The normalized spacial score (nSPS) is 12.9. The van der Waals surface area contributed by atoms with Crippen molar-refractivity contribution in [2.45, 2.75) is 33.2 Å². The number of carboxylic acid groups (broad SMARTS) is 1. The molecule has 0 saturated carbocycles. The highest BCUT2D eigenvalue weighted by Gasteiger charge is 2.15. The van der Waals surface area contributed by atoms with Crippen LogP contribution in [0.3, 0.4) is 0 Å². The predicted molar refractivity (Wildman–Crippen MR) is 110 cm³/mol. The molecule has 2 atom stereocenters. The fraction of sp³-hybridized carbons (Fsp3) is 0.318. The quantitative estimate of drug-likeness (QED) is 0.570. The highest BCUT2D eigenvalue weighted by Crippen LogP contribution is 2.34. The van der Waals surface area contributed by atoms with E-state index in [0.29, 0.717) is 24.5 Å². The van der Waals surface area contributed by atoms with Crippen molar-refractivity contribution in [1.29, 1.82) is 0 Å². The number of hydrogen-bond donors (Lipinski definition) is 2. The van der Waals surface area contributed by atoms with Gasteiger partial charge >= 0.3 is 6.09 Å². The van der Waals surface area contributed by atoms with Crippen molar-refractivity contribution in [2.75, 3.05) is 6.61 Å². The zero-order valence-corrected chi connectivity index (χ0v) is 16.8. The Morgan fingerprint density at radius 3 is 2.66 bits per heavy atom. The molecule has 2 N–H and O–H groups in total. The van der Waals surface area contributed by atoms with Crippen molar-refractivity contribution < 1.29 is 19.2 Å². The van der Waals surface area contributed by atoms with Crippen molar-refractivity contribution in [1.82, 2.24) is 15.5 Å². The van der Waals surface area contributed by atoms with E-state index >= 15 is 0 Å². The van der Waals surface area contributed by atoms with Gasteiger partial charge in [-0.1, -0.05) is 18.1 Å². The van der Waals surface area contributed by atoms with Crippen molar-refractivity contribution in [3.63, 3.8) is 0 Å². The summed E-state index contributed by atoms with van der Waals surface area (Å²) in [5, 5.41) is 15.1. The first-order valence-electron chi connectivity index (χ1n) is 9.52. The molecule has 0 fully saturated rings. The van der Waals surface area contributed by atoms with Gasteiger partial charge in [-0.2, -0.15) is 0 Å². The zero-order chi connectivity index (χ0) is 20.8. The number of rotatable bonds is 8. The second-order valence-electron chi connectivity index (χ2n) is 7.28. The largest absolute Gasteiger partial charge is 0.493 e. The van der Waals surface area contributed by atoms with Crippen LogP contribution in [-0.2, 0) is 0 Å². The van der Waals surface area contributed by atoms with Crippen LogP contribution in [0, 0.1) is 12.8 Å². The van der Waals surface area contributed by atoms with Crippen molar-refractivity contribution >= 4 is 6.09 Å². The summed E-state index contributed by atoms with van der Waals surface area (Å²) in [5.74, 6) is 1.49. The maximum Gasteiger partial charge on any atom is 0.404 e. The van der Waals surface area contributed by atoms with Crippen molar-refractivity contribution in [2.24, 2.45) is 5.92 Å². The Bertz CT molecular complexity index is 956. The lowest BCUT2D eigenvalue weighted by Crippen LogP contribution is -2.33. The molecule has 2 aromatic heterocycles. The summed E-state index contributed by atoms with van der Waals surface area (Å²) >= 11 is 0. The van der Waals surface area contributed by atoms with E-state index in [1.165, 1.54) is 0 Å². The van der Waals surface area contributed by atoms with Gasteiger partial charge in [-0.05, 0) is 61.6 Å². The Balaban J connectivity index is 1.79. The van der Waals surface area contributed by atoms with E-state index in [9.17, 15) is 4.79 Å². The molecule has 2 unspecified atom stereocenters. The lowest BCUT2D eigenvalue weighted by molar-refractivity contribution is 0.185. The zero-order valence-electron chi connectivity index (χ0n) is 16.8. The molecule has 0 saturated heterocycles. The Labute approximate surface area is 169 Å². The maximum absolute atomic E-state index is 10.8. The minimum Gasteiger partial charge on any atom is -0.493 e. The molecule has 0 bridgehead atoms. The molecule has 3 aromatic rings. The molecule has 1 amide bonds. The van der Waals surface area contributed by atoms with E-state index in [4.69, 9.17) is 14.4 Å². The molecule has 0 aliphatic heterocycles. The van der Waals surface area contributed by atoms with Gasteiger partial charge in [0.2, 0.25) is 0 Å². The summed E-state index contributed by atoms with van der Waals surface area (Å²) < 4.78 is 11.4. The minimum atomic E-state index is -1.01. The number of nitrogens with zero attached hydrogens (tertiary/aromatic N) is 2. The first kappa shape index (κ1) is 20.4. The average molecular weight is 395 g/mol. The number of nitrogens with one attached hydrogen (secondary N) is 1. The van der Waals surface area contributed by atoms with Gasteiger partial charge in [0.15, 0.2) is 5.76 Å². The third kappa shape index (κ3) is 5.57. The Morgan fingerprint density at radius 1 is 1.17 bits per heavy atom. The molecule has 152 valence electrons. The number of carbonyl (C=O) groups is 1. The molecule has 2 heterocycles. The van der Waals surface area contributed by atoms with Gasteiger partial charge in [0.25, 0.3) is 0 Å². The summed E-state index contributed by atoms with van der Waals surface area (Å²) in [5.41, 5.74) is 3.86. The molecule has 0 spiro atoms. The Hall–Kier alpha value is -3.35. The van der Waals surface area contributed by atoms with Crippen LogP contribution in [0.25, 0.3) is 22.5 Å². The lowest BCUT2D eigenvalue weighted by Gasteiger charge is -2.19. The van der Waals surface area contributed by atoms with Crippen LogP contribution < -0.4 is 10.1 Å². The van der Waals surface area contributed by atoms with Crippen molar-refractivity contribution in [3.05, 3.63) is 54.5 Å². The first-order chi connectivity index (χ1) is 13.9. The van der Waals surface area contributed by atoms with Gasteiger partial charge in [0.05, 0.1) is 18.4 Å². The lowest BCUT2D eigenvalue weighted by atomic mass is 10.0. The monoisotopic (exact) mass is 395 g/mol. The number of hydrogen-bond acceptors (Lipinski definition) is 5. The van der Waals surface area contributed by atoms with E-state index in [-0.39, 0.29) is 12.0 Å². The highest BCUT2D eigenvalue weighted by molar-refractivity contribution is 5.75. The molecule has 0 radical (unpaired) electrons. The molecule has 1 aromatic carbocycles. The number of aryl methyl sites for hydroxylation is 1. The van der Waals surface area contributed by atoms with E-state index in [0.717, 1.165) is 22.4 Å². The Kier molecular flexibility index (Phi) is 6.49. The van der Waals surface area contributed by atoms with Crippen LogP contribution in [0.5, 0.6) is 5.75 Å². The number of benzene rings is 1. The second kappa shape index (κ2) is 9.23. The summed E-state index contributed by atoms with van der Waals surface area (Å²) in [6, 6.07) is 11.6. The average Bonchev–Trinajstić information content (AvgIpc) is 3.20. The SMILES string of the molecule is Cc1cc(-c2ccc(OCC(C)CC(C)NC(=O)O)c(-c3ccno3)c2)ccn1. The molecule has 3 rings (SSSR count). The predicted octanol–water partition coefficient (Wildman–Crippen LogP) is 4.77. The van der Waals surface area contributed by atoms with E-state index < -0.39 is 6.09 Å². The summed E-state index contributed by atoms with van der Waals surface area (Å²) in [4.78, 5) is 15.0. The van der Waals surface area contributed by atoms with Gasteiger partial charge in [0, 0.05) is 24.0 Å². The summed E-state index contributed by atoms with van der Waals surface area (Å²) in [6.45, 7) is 6.29. The van der Waals surface area contributed by atoms with Gasteiger partial charge < -0.3 is 19.7 Å². The number of ether oxygens (including phenoxy) is 1. The Morgan fingerprint density at radius 2 is 1.97 bits per heavy atom. The van der Waals surface area contributed by atoms with Gasteiger partial charge in [-0.15, -0.1) is 0 Å². The van der Waals surface area contributed by atoms with Crippen LogP contribution in [-0.4, -0.2) is 34.0 Å². The first-order valence-corrected chi connectivity index (χ1v) is 9.52. The van der Waals surface area contributed by atoms with E-state index in [2.05, 4.69) is 15.5 Å². The molecule has 29 heavy (non-hydrogen) atoms. The van der Waals surface area contributed by atoms with E-state index in [1.54, 1.807) is 18.5 Å². The molecular formula is C22H25N3O4. The number of pyridine rings is 1.